The fourth-order valence-electron chi connectivity index (χ4n) is 3.10. The average Bonchev–Trinajstić information content (AvgIpc) is 2.62. The van der Waals surface area contributed by atoms with Crippen molar-refractivity contribution in [3.05, 3.63) is 81.9 Å². The highest BCUT2D eigenvalue weighted by Gasteiger charge is 2.27. The second-order valence-electron chi connectivity index (χ2n) is 6.37. The van der Waals surface area contributed by atoms with E-state index in [1.54, 1.807) is 0 Å². The first kappa shape index (κ1) is 18.0. The molecule has 1 nitrogen and oxygen atoms in total. The van der Waals surface area contributed by atoms with Gasteiger partial charge in [0.25, 0.3) is 0 Å². The molecule has 0 N–H and O–H groups in total. The molecular formula is C22H20Cl2O. The van der Waals surface area contributed by atoms with Gasteiger partial charge in [-0.15, -0.1) is 0 Å². The second kappa shape index (κ2) is 8.51. The molecule has 1 aliphatic carbocycles. The quantitative estimate of drug-likeness (QED) is 0.584. The van der Waals surface area contributed by atoms with Gasteiger partial charge in [0.05, 0.1) is 0 Å². The van der Waals surface area contributed by atoms with Crippen molar-refractivity contribution in [2.75, 3.05) is 0 Å². The monoisotopic (exact) mass is 370 g/mol. The van der Waals surface area contributed by atoms with Crippen LogP contribution < -0.4 is 0 Å². The molecular weight excluding hydrogens is 351 g/mol. The Morgan fingerprint density at radius 1 is 0.720 bits per heavy atom. The van der Waals surface area contributed by atoms with E-state index in [1.165, 1.54) is 0 Å². The summed E-state index contributed by atoms with van der Waals surface area (Å²) in [7, 11) is 0. The van der Waals surface area contributed by atoms with E-state index in [2.05, 4.69) is 0 Å². The molecule has 2 aromatic rings. The molecule has 0 saturated heterocycles. The maximum Gasteiger partial charge on any atom is 0.146 e. The standard InChI is InChI=1S/C22H20Cl2O/c23-20-12-6-16(7-13-20)4-10-18-2-1-3-19(22(18)25)11-5-17-8-14-21(24)15-9-17/h4-15,18-19H,1-3H2/b10-4+,11-5+. The van der Waals surface area contributed by atoms with Crippen molar-refractivity contribution in [1.29, 1.82) is 0 Å². The van der Waals surface area contributed by atoms with Crippen LogP contribution in [0.15, 0.2) is 60.7 Å². The van der Waals surface area contributed by atoms with Gasteiger partial charge in [-0.25, -0.2) is 0 Å². The van der Waals surface area contributed by atoms with Crippen LogP contribution in [0.3, 0.4) is 0 Å². The zero-order valence-electron chi connectivity index (χ0n) is 13.9. The highest BCUT2D eigenvalue weighted by atomic mass is 35.5. The number of allylic oxidation sites excluding steroid dienone is 2. The summed E-state index contributed by atoms with van der Waals surface area (Å²) in [5, 5.41) is 1.44. The summed E-state index contributed by atoms with van der Waals surface area (Å²) in [6, 6.07) is 15.3. The van der Waals surface area contributed by atoms with Crippen LogP contribution in [0.25, 0.3) is 12.2 Å². The lowest BCUT2D eigenvalue weighted by Crippen LogP contribution is -2.25. The van der Waals surface area contributed by atoms with E-state index in [1.807, 2.05) is 72.8 Å². The van der Waals surface area contributed by atoms with Crippen LogP contribution >= 0.6 is 23.2 Å². The Kier molecular flexibility index (Phi) is 6.12. The lowest BCUT2D eigenvalue weighted by atomic mass is 9.79. The molecule has 1 aliphatic rings. The number of carbonyl (C=O) groups is 1. The Morgan fingerprint density at radius 2 is 1.12 bits per heavy atom. The molecule has 0 radical (unpaired) electrons. The van der Waals surface area contributed by atoms with Gasteiger partial charge in [-0.05, 0) is 48.2 Å². The van der Waals surface area contributed by atoms with Gasteiger partial charge in [0.1, 0.15) is 5.78 Å². The second-order valence-corrected chi connectivity index (χ2v) is 7.24. The van der Waals surface area contributed by atoms with Gasteiger partial charge < -0.3 is 0 Å². The van der Waals surface area contributed by atoms with Crippen molar-refractivity contribution in [3.8, 4) is 0 Å². The third kappa shape index (κ3) is 5.07. The highest BCUT2D eigenvalue weighted by Crippen LogP contribution is 2.29. The van der Waals surface area contributed by atoms with Crippen LogP contribution in [-0.4, -0.2) is 5.78 Å². The molecule has 0 heterocycles. The van der Waals surface area contributed by atoms with Crippen molar-refractivity contribution >= 4 is 41.1 Å². The van der Waals surface area contributed by atoms with Crippen molar-refractivity contribution in [3.63, 3.8) is 0 Å². The summed E-state index contributed by atoms with van der Waals surface area (Å²) in [4.78, 5) is 12.7. The lowest BCUT2D eigenvalue weighted by molar-refractivity contribution is -0.125. The molecule has 2 unspecified atom stereocenters. The van der Waals surface area contributed by atoms with Crippen molar-refractivity contribution in [2.24, 2.45) is 11.8 Å². The molecule has 2 aromatic carbocycles. The van der Waals surface area contributed by atoms with Crippen LogP contribution in [0.1, 0.15) is 30.4 Å². The maximum atomic E-state index is 12.7. The predicted molar refractivity (Wildman–Crippen MR) is 107 cm³/mol. The van der Waals surface area contributed by atoms with E-state index in [0.717, 1.165) is 40.4 Å². The van der Waals surface area contributed by atoms with E-state index in [4.69, 9.17) is 23.2 Å². The van der Waals surface area contributed by atoms with Crippen LogP contribution in [0.4, 0.5) is 0 Å². The van der Waals surface area contributed by atoms with E-state index >= 15 is 0 Å². The van der Waals surface area contributed by atoms with E-state index in [0.29, 0.717) is 5.78 Å². The summed E-state index contributed by atoms with van der Waals surface area (Å²) >= 11 is 11.8. The molecule has 1 fully saturated rings. The number of rotatable bonds is 4. The molecule has 0 aromatic heterocycles. The molecule has 25 heavy (non-hydrogen) atoms. The number of benzene rings is 2. The minimum absolute atomic E-state index is 0.00991. The first-order valence-corrected chi connectivity index (χ1v) is 9.29. The first-order valence-electron chi connectivity index (χ1n) is 8.53. The van der Waals surface area contributed by atoms with Gasteiger partial charge in [-0.2, -0.15) is 0 Å². The van der Waals surface area contributed by atoms with E-state index in [9.17, 15) is 4.79 Å². The highest BCUT2D eigenvalue weighted by molar-refractivity contribution is 6.30. The molecule has 3 rings (SSSR count). The Labute approximate surface area is 159 Å². The van der Waals surface area contributed by atoms with Gasteiger partial charge in [0.15, 0.2) is 0 Å². The Balaban J connectivity index is 1.66. The van der Waals surface area contributed by atoms with Crippen molar-refractivity contribution in [1.82, 2.24) is 0 Å². The van der Waals surface area contributed by atoms with Crippen molar-refractivity contribution < 1.29 is 4.79 Å². The molecule has 3 heteroatoms. The van der Waals surface area contributed by atoms with Gasteiger partial charge >= 0.3 is 0 Å². The molecule has 2 atom stereocenters. The predicted octanol–water partition coefficient (Wildman–Crippen LogP) is 6.71. The molecule has 0 amide bonds. The number of hydrogen-bond donors (Lipinski definition) is 0. The fraction of sp³-hybridized carbons (Fsp3) is 0.227. The summed E-state index contributed by atoms with van der Waals surface area (Å²) in [5.41, 5.74) is 2.13. The van der Waals surface area contributed by atoms with Gasteiger partial charge in [0, 0.05) is 21.9 Å². The molecule has 1 saturated carbocycles. The number of Topliss-reactive ketones (excluding diaryl/α,β-unsaturated/α-hetero) is 1. The third-order valence-electron chi connectivity index (χ3n) is 4.54. The normalized spacial score (nSPS) is 21.3. The van der Waals surface area contributed by atoms with Gasteiger partial charge in [-0.1, -0.05) is 78.2 Å². The minimum atomic E-state index is -0.00991. The largest absolute Gasteiger partial charge is 0.298 e. The van der Waals surface area contributed by atoms with Crippen LogP contribution in [0.2, 0.25) is 10.0 Å². The van der Waals surface area contributed by atoms with Crippen LogP contribution in [0.5, 0.6) is 0 Å². The smallest absolute Gasteiger partial charge is 0.146 e. The SMILES string of the molecule is O=C1C(/C=C/c2ccc(Cl)cc2)CCCC1/C=C/c1ccc(Cl)cc1. The maximum absolute atomic E-state index is 12.7. The number of ketones is 1. The van der Waals surface area contributed by atoms with Gasteiger partial charge in [-0.3, -0.25) is 4.79 Å². The minimum Gasteiger partial charge on any atom is -0.298 e. The van der Waals surface area contributed by atoms with Gasteiger partial charge in [0.2, 0.25) is 0 Å². The van der Waals surface area contributed by atoms with Crippen LogP contribution in [0, 0.1) is 11.8 Å². The number of hydrogen-bond acceptors (Lipinski definition) is 1. The molecule has 0 aliphatic heterocycles. The lowest BCUT2D eigenvalue weighted by Gasteiger charge is -2.23. The molecule has 128 valence electrons. The Hall–Kier alpha value is -1.83. The average molecular weight is 371 g/mol. The topological polar surface area (TPSA) is 17.1 Å². The summed E-state index contributed by atoms with van der Waals surface area (Å²) in [6.45, 7) is 0. The van der Waals surface area contributed by atoms with E-state index in [-0.39, 0.29) is 11.8 Å². The number of halogens is 2. The summed E-state index contributed by atoms with van der Waals surface area (Å²) in [6.07, 6.45) is 11.0. The van der Waals surface area contributed by atoms with E-state index < -0.39 is 0 Å². The zero-order chi connectivity index (χ0) is 17.6. The Bertz CT molecular complexity index is 707. The first-order chi connectivity index (χ1) is 12.1. The Morgan fingerprint density at radius 3 is 1.52 bits per heavy atom. The number of carbonyl (C=O) groups excluding carboxylic acids is 1. The summed E-state index contributed by atoms with van der Waals surface area (Å²) in [5.74, 6) is 0.287. The fourth-order valence-corrected chi connectivity index (χ4v) is 3.35. The zero-order valence-corrected chi connectivity index (χ0v) is 15.4. The molecule has 0 bridgehead atoms. The summed E-state index contributed by atoms with van der Waals surface area (Å²) < 4.78 is 0. The van der Waals surface area contributed by atoms with Crippen molar-refractivity contribution in [2.45, 2.75) is 19.3 Å². The molecule has 0 spiro atoms. The van der Waals surface area contributed by atoms with Crippen LogP contribution in [-0.2, 0) is 4.79 Å². The third-order valence-corrected chi connectivity index (χ3v) is 5.05.